The molecule has 8 heteroatoms. The van der Waals surface area contributed by atoms with Crippen LogP contribution in [0.3, 0.4) is 0 Å². The van der Waals surface area contributed by atoms with E-state index < -0.39 is 0 Å². The first kappa shape index (κ1) is 19.5. The predicted octanol–water partition coefficient (Wildman–Crippen LogP) is 4.46. The topological polar surface area (TPSA) is 83.6 Å². The van der Waals surface area contributed by atoms with Crippen molar-refractivity contribution in [2.75, 3.05) is 11.1 Å². The first-order valence-corrected chi connectivity index (χ1v) is 10.6. The van der Waals surface area contributed by atoms with E-state index >= 15 is 0 Å². The number of nitrogens with one attached hydrogen (secondary N) is 1. The van der Waals surface area contributed by atoms with E-state index in [2.05, 4.69) is 32.2 Å². The van der Waals surface area contributed by atoms with Gasteiger partial charge in [0.15, 0.2) is 5.16 Å². The Kier molecular flexibility index (Phi) is 5.84. The Morgan fingerprint density at radius 1 is 1.24 bits per heavy atom. The Morgan fingerprint density at radius 2 is 2.03 bits per heavy atom. The van der Waals surface area contributed by atoms with Gasteiger partial charge in [0, 0.05) is 11.6 Å². The van der Waals surface area contributed by atoms with Crippen molar-refractivity contribution < 1.29 is 4.79 Å². The number of carbonyl (C=O) groups is 1. The van der Waals surface area contributed by atoms with E-state index in [1.54, 1.807) is 18.2 Å². The average Bonchev–Trinajstić information content (AvgIpc) is 3.49. The molecular weight excluding hydrogens is 406 g/mol. The number of thioether (sulfide) groups is 1. The molecule has 0 saturated heterocycles. The largest absolute Gasteiger partial charge is 0.325 e. The number of benzene rings is 2. The number of amides is 1. The van der Waals surface area contributed by atoms with E-state index in [-0.39, 0.29) is 11.7 Å². The molecule has 6 nitrogen and oxygen atoms in total. The molecule has 0 radical (unpaired) electrons. The van der Waals surface area contributed by atoms with E-state index in [0.717, 1.165) is 23.8 Å². The third kappa shape index (κ3) is 4.78. The van der Waals surface area contributed by atoms with Crippen LogP contribution >= 0.6 is 23.4 Å². The molecule has 1 aliphatic carbocycles. The number of hydrogen-bond donors (Lipinski definition) is 1. The molecule has 0 unspecified atom stereocenters. The minimum absolute atomic E-state index is 0.169. The fourth-order valence-electron chi connectivity index (χ4n) is 2.98. The van der Waals surface area contributed by atoms with Crippen molar-refractivity contribution in [3.63, 3.8) is 0 Å². The molecule has 0 bridgehead atoms. The smallest absolute Gasteiger partial charge is 0.234 e. The van der Waals surface area contributed by atoms with E-state index in [9.17, 15) is 4.79 Å². The number of carbonyl (C=O) groups excluding carboxylic acids is 1. The van der Waals surface area contributed by atoms with Crippen LogP contribution in [-0.2, 0) is 11.3 Å². The number of hydrogen-bond acceptors (Lipinski definition) is 5. The Balaban J connectivity index is 1.43. The van der Waals surface area contributed by atoms with Crippen LogP contribution in [0.4, 0.5) is 5.69 Å². The number of aromatic nitrogens is 3. The van der Waals surface area contributed by atoms with Gasteiger partial charge in [-0.15, -0.1) is 10.2 Å². The molecule has 1 amide bonds. The summed E-state index contributed by atoms with van der Waals surface area (Å²) in [5, 5.41) is 21.5. The first-order chi connectivity index (χ1) is 14.1. The molecule has 1 fully saturated rings. The molecule has 146 valence electrons. The van der Waals surface area contributed by atoms with Crippen LogP contribution in [0.25, 0.3) is 0 Å². The van der Waals surface area contributed by atoms with Gasteiger partial charge in [-0.05, 0) is 36.6 Å². The summed E-state index contributed by atoms with van der Waals surface area (Å²) in [5.41, 5.74) is 2.11. The zero-order valence-corrected chi connectivity index (χ0v) is 17.1. The minimum atomic E-state index is -0.169. The van der Waals surface area contributed by atoms with Crippen molar-refractivity contribution in [3.8, 4) is 6.07 Å². The van der Waals surface area contributed by atoms with Crippen molar-refractivity contribution in [2.24, 2.45) is 0 Å². The number of anilines is 1. The molecule has 1 saturated carbocycles. The number of halogens is 1. The number of rotatable bonds is 7. The van der Waals surface area contributed by atoms with E-state index in [1.165, 1.54) is 17.3 Å². The SMILES string of the molecule is N#Cc1ccc(NC(=O)CSc2nnc(C3CC3)n2Cc2ccccc2)cc1Cl. The quantitative estimate of drug-likeness (QED) is 0.567. The Hall–Kier alpha value is -2.82. The van der Waals surface area contributed by atoms with Crippen molar-refractivity contribution in [3.05, 3.63) is 70.5 Å². The third-order valence-electron chi connectivity index (χ3n) is 4.58. The van der Waals surface area contributed by atoms with Crippen LogP contribution < -0.4 is 5.32 Å². The lowest BCUT2D eigenvalue weighted by atomic mass is 10.2. The molecule has 2 aromatic carbocycles. The van der Waals surface area contributed by atoms with E-state index in [0.29, 0.717) is 28.7 Å². The van der Waals surface area contributed by atoms with Gasteiger partial charge in [-0.25, -0.2) is 0 Å². The van der Waals surface area contributed by atoms with Crippen molar-refractivity contribution in [2.45, 2.75) is 30.5 Å². The van der Waals surface area contributed by atoms with Crippen molar-refractivity contribution >= 4 is 35.0 Å². The highest BCUT2D eigenvalue weighted by molar-refractivity contribution is 7.99. The van der Waals surface area contributed by atoms with Crippen molar-refractivity contribution in [1.82, 2.24) is 14.8 Å². The normalized spacial score (nSPS) is 13.1. The maximum Gasteiger partial charge on any atom is 0.234 e. The summed E-state index contributed by atoms with van der Waals surface area (Å²) in [6, 6.07) is 17.0. The van der Waals surface area contributed by atoms with Gasteiger partial charge in [0.1, 0.15) is 11.9 Å². The van der Waals surface area contributed by atoms with Gasteiger partial charge in [-0.3, -0.25) is 4.79 Å². The lowest BCUT2D eigenvalue weighted by Gasteiger charge is -2.10. The fourth-order valence-corrected chi connectivity index (χ4v) is 3.94. The van der Waals surface area contributed by atoms with Crippen LogP contribution in [0.2, 0.25) is 5.02 Å². The van der Waals surface area contributed by atoms with Crippen LogP contribution in [0, 0.1) is 11.3 Å². The highest BCUT2D eigenvalue weighted by atomic mass is 35.5. The van der Waals surface area contributed by atoms with Crippen LogP contribution in [0.15, 0.2) is 53.7 Å². The summed E-state index contributed by atoms with van der Waals surface area (Å²) in [5.74, 6) is 1.50. The minimum Gasteiger partial charge on any atom is -0.325 e. The Morgan fingerprint density at radius 3 is 2.72 bits per heavy atom. The molecular formula is C21H18ClN5OS. The summed E-state index contributed by atoms with van der Waals surface area (Å²) in [4.78, 5) is 12.4. The number of nitrogens with zero attached hydrogens (tertiary/aromatic N) is 4. The molecule has 1 aliphatic rings. The second kappa shape index (κ2) is 8.68. The molecule has 1 N–H and O–H groups in total. The van der Waals surface area contributed by atoms with Gasteiger partial charge in [0.25, 0.3) is 0 Å². The van der Waals surface area contributed by atoms with Gasteiger partial charge in [-0.1, -0.05) is 53.7 Å². The Bertz CT molecular complexity index is 1070. The molecule has 3 aromatic rings. The molecule has 1 heterocycles. The summed E-state index contributed by atoms with van der Waals surface area (Å²) in [6.07, 6.45) is 2.27. The second-order valence-electron chi connectivity index (χ2n) is 6.83. The van der Waals surface area contributed by atoms with Gasteiger partial charge >= 0.3 is 0 Å². The highest BCUT2D eigenvalue weighted by Gasteiger charge is 2.30. The Labute approximate surface area is 177 Å². The van der Waals surface area contributed by atoms with Gasteiger partial charge < -0.3 is 9.88 Å². The monoisotopic (exact) mass is 423 g/mol. The second-order valence-corrected chi connectivity index (χ2v) is 8.18. The molecule has 29 heavy (non-hydrogen) atoms. The molecule has 0 atom stereocenters. The maximum absolute atomic E-state index is 12.4. The van der Waals surface area contributed by atoms with Gasteiger partial charge in [0.05, 0.1) is 22.9 Å². The maximum atomic E-state index is 12.4. The first-order valence-electron chi connectivity index (χ1n) is 9.23. The van der Waals surface area contributed by atoms with E-state index in [1.807, 2.05) is 24.3 Å². The van der Waals surface area contributed by atoms with Crippen LogP contribution in [-0.4, -0.2) is 26.4 Å². The average molecular weight is 424 g/mol. The van der Waals surface area contributed by atoms with Crippen molar-refractivity contribution in [1.29, 1.82) is 5.26 Å². The molecule has 1 aromatic heterocycles. The summed E-state index contributed by atoms with van der Waals surface area (Å²) < 4.78 is 2.11. The molecule has 4 rings (SSSR count). The fraction of sp³-hybridized carbons (Fsp3) is 0.238. The molecule has 0 aliphatic heterocycles. The highest BCUT2D eigenvalue weighted by Crippen LogP contribution is 2.40. The number of nitriles is 1. The summed E-state index contributed by atoms with van der Waals surface area (Å²) in [7, 11) is 0. The lowest BCUT2D eigenvalue weighted by molar-refractivity contribution is -0.113. The zero-order chi connectivity index (χ0) is 20.2. The lowest BCUT2D eigenvalue weighted by Crippen LogP contribution is -2.15. The van der Waals surface area contributed by atoms with E-state index in [4.69, 9.17) is 16.9 Å². The standard InChI is InChI=1S/C21H18ClN5OS/c22-18-10-17(9-8-16(18)11-23)24-19(28)13-29-21-26-25-20(15-6-7-15)27(21)12-14-4-2-1-3-5-14/h1-5,8-10,15H,6-7,12-13H2,(H,24,28). The van der Waals surface area contributed by atoms with Crippen LogP contribution in [0.1, 0.15) is 35.7 Å². The van der Waals surface area contributed by atoms with Crippen LogP contribution in [0.5, 0.6) is 0 Å². The van der Waals surface area contributed by atoms with Gasteiger partial charge in [-0.2, -0.15) is 5.26 Å². The van der Waals surface area contributed by atoms with Gasteiger partial charge in [0.2, 0.25) is 5.91 Å². The zero-order valence-electron chi connectivity index (χ0n) is 15.5. The summed E-state index contributed by atoms with van der Waals surface area (Å²) in [6.45, 7) is 0.689. The summed E-state index contributed by atoms with van der Waals surface area (Å²) >= 11 is 7.38. The molecule has 0 spiro atoms. The predicted molar refractivity (Wildman–Crippen MR) is 113 cm³/mol. The third-order valence-corrected chi connectivity index (χ3v) is 5.86.